The maximum absolute atomic E-state index is 11.9. The van der Waals surface area contributed by atoms with Gasteiger partial charge < -0.3 is 10.2 Å². The van der Waals surface area contributed by atoms with Gasteiger partial charge in [0.2, 0.25) is 0 Å². The molecule has 1 heterocycles. The number of imide groups is 1. The highest BCUT2D eigenvalue weighted by molar-refractivity contribution is 6.01. The molecular formula is C17H26N3O2+. The van der Waals surface area contributed by atoms with Gasteiger partial charge in [0, 0.05) is 11.6 Å². The predicted octanol–water partition coefficient (Wildman–Crippen LogP) is 1.27. The van der Waals surface area contributed by atoms with Crippen LogP contribution in [-0.2, 0) is 4.79 Å². The first-order valence-electron chi connectivity index (χ1n) is 7.95. The Morgan fingerprint density at radius 2 is 2.05 bits per heavy atom. The molecule has 1 aliphatic rings. The predicted molar refractivity (Wildman–Crippen MR) is 87.0 cm³/mol. The average molecular weight is 304 g/mol. The van der Waals surface area contributed by atoms with Gasteiger partial charge in [0.25, 0.3) is 5.91 Å². The van der Waals surface area contributed by atoms with Crippen molar-refractivity contribution in [1.29, 1.82) is 0 Å². The number of aryl methyl sites for hydroxylation is 2. The molecular weight excluding hydrogens is 278 g/mol. The van der Waals surface area contributed by atoms with E-state index in [2.05, 4.69) is 17.6 Å². The molecule has 1 unspecified atom stereocenters. The van der Waals surface area contributed by atoms with Crippen LogP contribution < -0.4 is 15.5 Å². The summed E-state index contributed by atoms with van der Waals surface area (Å²) >= 11 is 0. The van der Waals surface area contributed by atoms with E-state index in [0.29, 0.717) is 18.2 Å². The summed E-state index contributed by atoms with van der Waals surface area (Å²) in [5.74, 6) is 0.436. The summed E-state index contributed by atoms with van der Waals surface area (Å²) in [5.41, 5.74) is 2.98. The average Bonchev–Trinajstić information content (AvgIpc) is 2.42. The number of benzene rings is 1. The number of hydrogen-bond donors (Lipinski definition) is 3. The van der Waals surface area contributed by atoms with Crippen LogP contribution >= 0.6 is 0 Å². The van der Waals surface area contributed by atoms with Gasteiger partial charge in [-0.15, -0.1) is 0 Å². The van der Waals surface area contributed by atoms with Crippen LogP contribution in [-0.4, -0.2) is 31.6 Å². The van der Waals surface area contributed by atoms with Crippen molar-refractivity contribution in [3.8, 4) is 0 Å². The van der Waals surface area contributed by atoms with E-state index in [9.17, 15) is 9.59 Å². The summed E-state index contributed by atoms with van der Waals surface area (Å²) in [4.78, 5) is 25.1. The minimum Gasteiger partial charge on any atom is -0.327 e. The van der Waals surface area contributed by atoms with Crippen LogP contribution in [0.15, 0.2) is 18.2 Å². The summed E-state index contributed by atoms with van der Waals surface area (Å²) in [5, 5.41) is 5.12. The number of amides is 3. The van der Waals surface area contributed by atoms with Crippen LogP contribution in [0.3, 0.4) is 0 Å². The molecule has 3 N–H and O–H groups in total. The van der Waals surface area contributed by atoms with Crippen molar-refractivity contribution in [1.82, 2.24) is 5.32 Å². The van der Waals surface area contributed by atoms with E-state index in [0.717, 1.165) is 25.1 Å². The van der Waals surface area contributed by atoms with Crippen molar-refractivity contribution >= 4 is 17.6 Å². The zero-order valence-electron chi connectivity index (χ0n) is 13.7. The van der Waals surface area contributed by atoms with E-state index in [1.165, 1.54) is 16.9 Å². The maximum atomic E-state index is 11.9. The number of likely N-dealkylation sites (tertiary alicyclic amines) is 1. The van der Waals surface area contributed by atoms with Gasteiger partial charge in [-0.1, -0.05) is 13.0 Å². The number of anilines is 1. The lowest BCUT2D eigenvalue weighted by molar-refractivity contribution is -0.900. The first-order valence-corrected chi connectivity index (χ1v) is 7.95. The van der Waals surface area contributed by atoms with Crippen molar-refractivity contribution in [3.05, 3.63) is 29.3 Å². The van der Waals surface area contributed by atoms with Gasteiger partial charge in [-0.3, -0.25) is 10.1 Å². The molecule has 0 bridgehead atoms. The summed E-state index contributed by atoms with van der Waals surface area (Å²) in [7, 11) is 0. The number of rotatable bonds is 3. The zero-order valence-corrected chi connectivity index (χ0v) is 13.7. The van der Waals surface area contributed by atoms with Gasteiger partial charge in [0.15, 0.2) is 6.54 Å². The van der Waals surface area contributed by atoms with E-state index in [-0.39, 0.29) is 5.91 Å². The number of nitrogens with one attached hydrogen (secondary N) is 3. The minimum absolute atomic E-state index is 0.217. The third-order valence-electron chi connectivity index (χ3n) is 4.29. The molecule has 0 aliphatic carbocycles. The quantitative estimate of drug-likeness (QED) is 0.787. The number of carbonyl (C=O) groups excluding carboxylic acids is 2. The maximum Gasteiger partial charge on any atom is 0.326 e. The van der Waals surface area contributed by atoms with Crippen molar-refractivity contribution in [2.75, 3.05) is 25.0 Å². The smallest absolute Gasteiger partial charge is 0.326 e. The molecule has 5 nitrogen and oxygen atoms in total. The van der Waals surface area contributed by atoms with E-state index >= 15 is 0 Å². The minimum atomic E-state index is -0.460. The molecule has 1 aromatic carbocycles. The third kappa shape index (κ3) is 4.84. The molecule has 0 saturated carbocycles. The van der Waals surface area contributed by atoms with Gasteiger partial charge in [-0.05, 0) is 49.9 Å². The zero-order chi connectivity index (χ0) is 16.1. The second-order valence-electron chi connectivity index (χ2n) is 6.43. The number of carbonyl (C=O) groups is 2. The fourth-order valence-electron chi connectivity index (χ4n) is 2.94. The molecule has 120 valence electrons. The third-order valence-corrected chi connectivity index (χ3v) is 4.29. The van der Waals surface area contributed by atoms with Gasteiger partial charge in [-0.2, -0.15) is 0 Å². The molecule has 2 rings (SSSR count). The second-order valence-corrected chi connectivity index (χ2v) is 6.43. The molecule has 1 fully saturated rings. The van der Waals surface area contributed by atoms with Gasteiger partial charge in [-0.25, -0.2) is 4.79 Å². The fourth-order valence-corrected chi connectivity index (χ4v) is 2.94. The Morgan fingerprint density at radius 1 is 1.27 bits per heavy atom. The highest BCUT2D eigenvalue weighted by Crippen LogP contribution is 2.13. The molecule has 2 atom stereocenters. The highest BCUT2D eigenvalue weighted by Gasteiger charge is 2.22. The lowest BCUT2D eigenvalue weighted by Gasteiger charge is -2.27. The summed E-state index contributed by atoms with van der Waals surface area (Å²) in [6.45, 7) is 8.60. The van der Waals surface area contributed by atoms with E-state index in [4.69, 9.17) is 0 Å². The Balaban J connectivity index is 1.80. The van der Waals surface area contributed by atoms with Gasteiger partial charge in [0.1, 0.15) is 0 Å². The highest BCUT2D eigenvalue weighted by atomic mass is 16.2. The molecule has 0 aromatic heterocycles. The molecule has 1 aliphatic heterocycles. The SMILES string of the molecule is Cc1ccc(NC(=O)NC(=O)C[NH+]2CCC[C@H](C)C2)cc1C. The van der Waals surface area contributed by atoms with Crippen molar-refractivity contribution in [2.45, 2.75) is 33.6 Å². The Bertz CT molecular complexity index is 557. The summed E-state index contributed by atoms with van der Waals surface area (Å²) in [6.07, 6.45) is 2.39. The lowest BCUT2D eigenvalue weighted by atomic mass is 10.0. The van der Waals surface area contributed by atoms with Gasteiger partial charge >= 0.3 is 6.03 Å². The molecule has 3 amide bonds. The van der Waals surface area contributed by atoms with Crippen LogP contribution in [0.25, 0.3) is 0 Å². The van der Waals surface area contributed by atoms with Crippen LogP contribution in [0.1, 0.15) is 30.9 Å². The van der Waals surface area contributed by atoms with Crippen molar-refractivity contribution < 1.29 is 14.5 Å². The van der Waals surface area contributed by atoms with E-state index in [1.54, 1.807) is 0 Å². The second kappa shape index (κ2) is 7.40. The largest absolute Gasteiger partial charge is 0.327 e. The first-order chi connectivity index (χ1) is 10.4. The van der Waals surface area contributed by atoms with Crippen molar-refractivity contribution in [2.24, 2.45) is 5.92 Å². The number of urea groups is 1. The number of hydrogen-bond acceptors (Lipinski definition) is 2. The number of quaternary nitrogens is 1. The van der Waals surface area contributed by atoms with Crippen LogP contribution in [0.4, 0.5) is 10.5 Å². The lowest BCUT2D eigenvalue weighted by Crippen LogP contribution is -3.14. The Labute approximate surface area is 132 Å². The molecule has 0 radical (unpaired) electrons. The molecule has 22 heavy (non-hydrogen) atoms. The number of piperidine rings is 1. The fraction of sp³-hybridized carbons (Fsp3) is 0.529. The van der Waals surface area contributed by atoms with Crippen LogP contribution in [0, 0.1) is 19.8 Å². The molecule has 0 spiro atoms. The standard InChI is InChI=1S/C17H25N3O2/c1-12-5-4-8-20(10-12)11-16(21)19-17(22)18-15-7-6-13(2)14(3)9-15/h6-7,9,12H,4-5,8,10-11H2,1-3H3,(H2,18,19,21,22)/p+1/t12-/m0/s1. The summed E-state index contributed by atoms with van der Waals surface area (Å²) < 4.78 is 0. The van der Waals surface area contributed by atoms with E-state index in [1.807, 2.05) is 32.0 Å². The molecule has 5 heteroatoms. The van der Waals surface area contributed by atoms with Gasteiger partial charge in [0.05, 0.1) is 13.1 Å². The Hall–Kier alpha value is -1.88. The molecule has 1 aromatic rings. The van der Waals surface area contributed by atoms with Crippen molar-refractivity contribution in [3.63, 3.8) is 0 Å². The Kier molecular flexibility index (Phi) is 5.55. The van der Waals surface area contributed by atoms with Crippen LogP contribution in [0.2, 0.25) is 0 Å². The summed E-state index contributed by atoms with van der Waals surface area (Å²) in [6, 6.07) is 5.23. The topological polar surface area (TPSA) is 62.6 Å². The molecule has 1 saturated heterocycles. The first kappa shape index (κ1) is 16.5. The normalized spacial score (nSPS) is 21.2. The Morgan fingerprint density at radius 3 is 2.73 bits per heavy atom. The van der Waals surface area contributed by atoms with Crippen LogP contribution in [0.5, 0.6) is 0 Å². The van der Waals surface area contributed by atoms with E-state index < -0.39 is 6.03 Å². The monoisotopic (exact) mass is 304 g/mol.